The quantitative estimate of drug-likeness (QED) is 0.771. The van der Waals surface area contributed by atoms with Crippen molar-refractivity contribution in [2.24, 2.45) is 23.7 Å². The Balaban J connectivity index is 1.59. The van der Waals surface area contributed by atoms with Crippen molar-refractivity contribution in [3.05, 3.63) is 0 Å². The first kappa shape index (κ1) is 11.7. The van der Waals surface area contributed by atoms with Gasteiger partial charge in [-0.05, 0) is 62.4 Å². The van der Waals surface area contributed by atoms with Gasteiger partial charge in [-0.3, -0.25) is 0 Å². The zero-order valence-corrected chi connectivity index (χ0v) is 11.1. The summed E-state index contributed by atoms with van der Waals surface area (Å²) in [5, 5.41) is 3.61. The topological polar surface area (TPSA) is 30.5 Å². The van der Waals surface area contributed by atoms with Crippen LogP contribution in [0.5, 0.6) is 0 Å². The van der Waals surface area contributed by atoms with Gasteiger partial charge in [-0.15, -0.1) is 0 Å². The van der Waals surface area contributed by atoms with Gasteiger partial charge in [-0.2, -0.15) is 0 Å². The lowest BCUT2D eigenvalue weighted by atomic mass is 9.62. The third-order valence-electron chi connectivity index (χ3n) is 5.85. The standard InChI is InChI=1S/C15H25NO2/c1-2-10(9-16-5-1)15-11-3-6-17-13(11)8-14-12(15)4-7-18-14/h10-16H,1-9H2. The van der Waals surface area contributed by atoms with Crippen molar-refractivity contribution in [2.75, 3.05) is 26.3 Å². The molecule has 5 unspecified atom stereocenters. The summed E-state index contributed by atoms with van der Waals surface area (Å²) in [6.07, 6.45) is 7.57. The highest BCUT2D eigenvalue weighted by Gasteiger charge is 2.51. The third kappa shape index (κ3) is 1.83. The molecule has 0 spiro atoms. The Hall–Kier alpha value is -0.120. The Morgan fingerprint density at radius 1 is 0.889 bits per heavy atom. The molecule has 0 aromatic carbocycles. The van der Waals surface area contributed by atoms with Crippen LogP contribution in [-0.2, 0) is 9.47 Å². The van der Waals surface area contributed by atoms with Crippen LogP contribution in [-0.4, -0.2) is 38.5 Å². The Morgan fingerprint density at radius 2 is 1.61 bits per heavy atom. The predicted molar refractivity (Wildman–Crippen MR) is 69.4 cm³/mol. The maximum Gasteiger partial charge on any atom is 0.0631 e. The number of nitrogens with one attached hydrogen (secondary N) is 1. The summed E-state index contributed by atoms with van der Waals surface area (Å²) in [5.41, 5.74) is 0. The van der Waals surface area contributed by atoms with E-state index >= 15 is 0 Å². The van der Waals surface area contributed by atoms with Crippen molar-refractivity contribution >= 4 is 0 Å². The van der Waals surface area contributed by atoms with E-state index in [1.54, 1.807) is 0 Å². The van der Waals surface area contributed by atoms with Gasteiger partial charge in [-0.25, -0.2) is 0 Å². The van der Waals surface area contributed by atoms with Crippen molar-refractivity contribution in [1.82, 2.24) is 5.32 Å². The Bertz CT molecular complexity index is 283. The fraction of sp³-hybridized carbons (Fsp3) is 1.00. The second-order valence-electron chi connectivity index (χ2n) is 6.64. The van der Waals surface area contributed by atoms with Crippen molar-refractivity contribution in [1.29, 1.82) is 0 Å². The molecular weight excluding hydrogens is 226 g/mol. The van der Waals surface area contributed by atoms with Gasteiger partial charge in [0.2, 0.25) is 0 Å². The van der Waals surface area contributed by atoms with E-state index in [0.29, 0.717) is 12.2 Å². The number of piperidine rings is 1. The van der Waals surface area contributed by atoms with Gasteiger partial charge in [0.25, 0.3) is 0 Å². The minimum atomic E-state index is 0.510. The van der Waals surface area contributed by atoms with Crippen molar-refractivity contribution in [3.63, 3.8) is 0 Å². The molecule has 3 heteroatoms. The van der Waals surface area contributed by atoms with E-state index in [-0.39, 0.29) is 0 Å². The van der Waals surface area contributed by atoms with Gasteiger partial charge in [-0.1, -0.05) is 0 Å². The molecule has 3 heterocycles. The maximum atomic E-state index is 5.99. The molecular formula is C15H25NO2. The third-order valence-corrected chi connectivity index (χ3v) is 5.85. The summed E-state index contributed by atoms with van der Waals surface area (Å²) >= 11 is 0. The van der Waals surface area contributed by atoms with Crippen LogP contribution in [0.1, 0.15) is 32.1 Å². The molecule has 0 amide bonds. The number of ether oxygens (including phenoxy) is 2. The van der Waals surface area contributed by atoms with Gasteiger partial charge < -0.3 is 14.8 Å². The summed E-state index contributed by atoms with van der Waals surface area (Å²) in [6.45, 7) is 4.44. The summed E-state index contributed by atoms with van der Waals surface area (Å²) in [7, 11) is 0. The van der Waals surface area contributed by atoms with E-state index in [9.17, 15) is 0 Å². The average molecular weight is 251 g/mol. The highest BCUT2D eigenvalue weighted by atomic mass is 16.5. The monoisotopic (exact) mass is 251 g/mol. The molecule has 4 aliphatic rings. The molecule has 3 aliphatic heterocycles. The van der Waals surface area contributed by atoms with Crippen molar-refractivity contribution in [3.8, 4) is 0 Å². The van der Waals surface area contributed by atoms with Crippen molar-refractivity contribution < 1.29 is 9.47 Å². The van der Waals surface area contributed by atoms with Crippen LogP contribution in [0.2, 0.25) is 0 Å². The molecule has 0 aromatic heterocycles. The molecule has 102 valence electrons. The molecule has 5 atom stereocenters. The van der Waals surface area contributed by atoms with Crippen LogP contribution < -0.4 is 5.32 Å². The molecule has 1 N–H and O–H groups in total. The molecule has 1 aliphatic carbocycles. The molecule has 3 nitrogen and oxygen atoms in total. The number of hydrogen-bond acceptors (Lipinski definition) is 3. The van der Waals surface area contributed by atoms with Gasteiger partial charge in [0.15, 0.2) is 0 Å². The second-order valence-corrected chi connectivity index (χ2v) is 6.64. The first-order chi connectivity index (χ1) is 8.93. The Kier molecular flexibility index (Phi) is 3.10. The summed E-state index contributed by atoms with van der Waals surface area (Å²) < 4.78 is 12.0. The SMILES string of the molecule is C1CNCC(C2C3CCOC3CC3OCCC32)C1. The molecule has 3 saturated heterocycles. The Labute approximate surface area is 110 Å². The summed E-state index contributed by atoms with van der Waals surface area (Å²) in [4.78, 5) is 0. The van der Waals surface area contributed by atoms with Crippen LogP contribution in [0.15, 0.2) is 0 Å². The van der Waals surface area contributed by atoms with Gasteiger partial charge in [0.05, 0.1) is 12.2 Å². The van der Waals surface area contributed by atoms with E-state index in [4.69, 9.17) is 9.47 Å². The molecule has 0 radical (unpaired) electrons. The van der Waals surface area contributed by atoms with Gasteiger partial charge in [0.1, 0.15) is 0 Å². The van der Waals surface area contributed by atoms with Crippen LogP contribution in [0.4, 0.5) is 0 Å². The minimum absolute atomic E-state index is 0.510. The highest BCUT2D eigenvalue weighted by Crippen LogP contribution is 2.50. The van der Waals surface area contributed by atoms with E-state index in [1.807, 2.05) is 0 Å². The highest BCUT2D eigenvalue weighted by molar-refractivity contribution is 5.00. The predicted octanol–water partition coefficient (Wildman–Crippen LogP) is 1.82. The second kappa shape index (κ2) is 4.77. The lowest BCUT2D eigenvalue weighted by Gasteiger charge is -2.45. The molecule has 1 saturated carbocycles. The van der Waals surface area contributed by atoms with Gasteiger partial charge in [0, 0.05) is 19.6 Å². The number of hydrogen-bond donors (Lipinski definition) is 1. The zero-order valence-electron chi connectivity index (χ0n) is 11.1. The molecule has 0 aromatic rings. The lowest BCUT2D eigenvalue weighted by molar-refractivity contribution is -0.0628. The van der Waals surface area contributed by atoms with Crippen LogP contribution >= 0.6 is 0 Å². The van der Waals surface area contributed by atoms with Crippen LogP contribution in [0, 0.1) is 23.7 Å². The number of rotatable bonds is 1. The van der Waals surface area contributed by atoms with E-state index in [0.717, 1.165) is 36.9 Å². The lowest BCUT2D eigenvalue weighted by Crippen LogP contribution is -2.48. The first-order valence-corrected chi connectivity index (χ1v) is 7.87. The largest absolute Gasteiger partial charge is 0.378 e. The molecule has 18 heavy (non-hydrogen) atoms. The first-order valence-electron chi connectivity index (χ1n) is 7.87. The molecule has 4 fully saturated rings. The van der Waals surface area contributed by atoms with E-state index < -0.39 is 0 Å². The summed E-state index contributed by atoms with van der Waals surface area (Å²) in [5.74, 6) is 3.41. The smallest absolute Gasteiger partial charge is 0.0631 e. The van der Waals surface area contributed by atoms with Crippen LogP contribution in [0.25, 0.3) is 0 Å². The normalized spacial score (nSPS) is 52.0. The van der Waals surface area contributed by atoms with E-state index in [2.05, 4.69) is 5.32 Å². The number of fused-ring (bicyclic) bond motifs is 2. The zero-order chi connectivity index (χ0) is 11.9. The van der Waals surface area contributed by atoms with Gasteiger partial charge >= 0.3 is 0 Å². The van der Waals surface area contributed by atoms with Crippen LogP contribution in [0.3, 0.4) is 0 Å². The summed E-state index contributed by atoms with van der Waals surface area (Å²) in [6, 6.07) is 0. The maximum absolute atomic E-state index is 5.99. The van der Waals surface area contributed by atoms with Crippen molar-refractivity contribution in [2.45, 2.75) is 44.3 Å². The average Bonchev–Trinajstić information content (AvgIpc) is 3.04. The molecule has 4 rings (SSSR count). The molecule has 0 bridgehead atoms. The van der Waals surface area contributed by atoms with E-state index in [1.165, 1.54) is 45.2 Å². The Morgan fingerprint density at radius 3 is 2.22 bits per heavy atom. The minimum Gasteiger partial charge on any atom is -0.378 e. The fourth-order valence-electron chi connectivity index (χ4n) is 5.15. The fourth-order valence-corrected chi connectivity index (χ4v) is 5.15.